The van der Waals surface area contributed by atoms with Gasteiger partial charge in [-0.25, -0.2) is 0 Å². The van der Waals surface area contributed by atoms with E-state index >= 15 is 0 Å². The molecule has 0 radical (unpaired) electrons. The third-order valence-corrected chi connectivity index (χ3v) is 2.35. The van der Waals surface area contributed by atoms with Crippen molar-refractivity contribution in [3.63, 3.8) is 0 Å². The second kappa shape index (κ2) is 5.80. The van der Waals surface area contributed by atoms with Gasteiger partial charge in [0.05, 0.1) is 5.71 Å². The SMILES string of the molecule is C/C(=N\OCc1ccccc1)c1cccnc1. The standard InChI is InChI=1S/C14H14N2O/c1-12(14-8-5-9-15-10-14)16-17-11-13-6-3-2-4-7-13/h2-10H,11H2,1H3/b16-12+. The summed E-state index contributed by atoms with van der Waals surface area (Å²) >= 11 is 0. The van der Waals surface area contributed by atoms with E-state index in [-0.39, 0.29) is 0 Å². The molecule has 17 heavy (non-hydrogen) atoms. The molecule has 0 atom stereocenters. The average Bonchev–Trinajstić information content (AvgIpc) is 2.41. The summed E-state index contributed by atoms with van der Waals surface area (Å²) in [4.78, 5) is 9.33. The highest BCUT2D eigenvalue weighted by Crippen LogP contribution is 2.03. The fourth-order valence-corrected chi connectivity index (χ4v) is 1.41. The van der Waals surface area contributed by atoms with E-state index in [1.54, 1.807) is 12.4 Å². The molecule has 2 aromatic rings. The number of benzene rings is 1. The first kappa shape index (κ1) is 11.3. The number of oxime groups is 1. The fourth-order valence-electron chi connectivity index (χ4n) is 1.41. The van der Waals surface area contributed by atoms with Crippen molar-refractivity contribution in [2.75, 3.05) is 0 Å². The molecule has 86 valence electrons. The van der Waals surface area contributed by atoms with E-state index < -0.39 is 0 Å². The summed E-state index contributed by atoms with van der Waals surface area (Å²) in [6, 6.07) is 13.8. The number of pyridine rings is 1. The van der Waals surface area contributed by atoms with Gasteiger partial charge in [0.25, 0.3) is 0 Å². The molecular weight excluding hydrogens is 212 g/mol. The average molecular weight is 226 g/mol. The van der Waals surface area contributed by atoms with Crippen LogP contribution in [0.15, 0.2) is 60.0 Å². The van der Waals surface area contributed by atoms with Crippen LogP contribution in [0.1, 0.15) is 18.1 Å². The van der Waals surface area contributed by atoms with Crippen LogP contribution in [0, 0.1) is 0 Å². The monoisotopic (exact) mass is 226 g/mol. The second-order valence-corrected chi connectivity index (χ2v) is 3.68. The van der Waals surface area contributed by atoms with Gasteiger partial charge in [-0.2, -0.15) is 0 Å². The minimum absolute atomic E-state index is 0.485. The lowest BCUT2D eigenvalue weighted by Crippen LogP contribution is -1.97. The number of hydrogen-bond acceptors (Lipinski definition) is 3. The molecule has 3 nitrogen and oxygen atoms in total. The van der Waals surface area contributed by atoms with Crippen LogP contribution >= 0.6 is 0 Å². The molecule has 0 unspecified atom stereocenters. The van der Waals surface area contributed by atoms with Crippen molar-refractivity contribution in [3.8, 4) is 0 Å². The van der Waals surface area contributed by atoms with Gasteiger partial charge in [-0.1, -0.05) is 35.5 Å². The summed E-state index contributed by atoms with van der Waals surface area (Å²) in [6.07, 6.45) is 3.51. The van der Waals surface area contributed by atoms with Gasteiger partial charge >= 0.3 is 0 Å². The Morgan fingerprint density at radius 3 is 2.71 bits per heavy atom. The predicted molar refractivity (Wildman–Crippen MR) is 67.7 cm³/mol. The maximum atomic E-state index is 5.30. The van der Waals surface area contributed by atoms with Crippen molar-refractivity contribution in [2.45, 2.75) is 13.5 Å². The van der Waals surface area contributed by atoms with Crippen molar-refractivity contribution < 1.29 is 4.84 Å². The molecule has 0 amide bonds. The summed E-state index contributed by atoms with van der Waals surface area (Å²) in [7, 11) is 0. The minimum atomic E-state index is 0.485. The van der Waals surface area contributed by atoms with E-state index in [1.165, 1.54) is 0 Å². The van der Waals surface area contributed by atoms with Gasteiger partial charge in [-0.05, 0) is 24.6 Å². The van der Waals surface area contributed by atoms with Gasteiger partial charge in [-0.3, -0.25) is 4.98 Å². The highest BCUT2D eigenvalue weighted by atomic mass is 16.6. The summed E-state index contributed by atoms with van der Waals surface area (Å²) in [5, 5.41) is 4.07. The Morgan fingerprint density at radius 1 is 1.18 bits per heavy atom. The van der Waals surface area contributed by atoms with E-state index in [9.17, 15) is 0 Å². The van der Waals surface area contributed by atoms with Gasteiger partial charge in [-0.15, -0.1) is 0 Å². The molecule has 0 fully saturated rings. The predicted octanol–water partition coefficient (Wildman–Crippen LogP) is 3.02. The molecule has 0 aliphatic rings. The molecular formula is C14H14N2O. The van der Waals surface area contributed by atoms with E-state index in [0.717, 1.165) is 16.8 Å². The highest BCUT2D eigenvalue weighted by Gasteiger charge is 1.97. The number of rotatable bonds is 4. The summed E-state index contributed by atoms with van der Waals surface area (Å²) < 4.78 is 0. The Balaban J connectivity index is 1.93. The second-order valence-electron chi connectivity index (χ2n) is 3.68. The van der Waals surface area contributed by atoms with Gasteiger partial charge in [0.1, 0.15) is 6.61 Å². The minimum Gasteiger partial charge on any atom is -0.391 e. The van der Waals surface area contributed by atoms with Crippen LogP contribution in [0.4, 0.5) is 0 Å². The zero-order valence-electron chi connectivity index (χ0n) is 9.71. The highest BCUT2D eigenvalue weighted by molar-refractivity contribution is 5.97. The van der Waals surface area contributed by atoms with Crippen LogP contribution in [-0.2, 0) is 11.4 Å². The smallest absolute Gasteiger partial charge is 0.142 e. The third kappa shape index (κ3) is 3.41. The lowest BCUT2D eigenvalue weighted by molar-refractivity contribution is 0.130. The van der Waals surface area contributed by atoms with E-state index in [1.807, 2.05) is 49.4 Å². The van der Waals surface area contributed by atoms with Gasteiger partial charge in [0, 0.05) is 18.0 Å². The molecule has 0 saturated heterocycles. The van der Waals surface area contributed by atoms with Crippen LogP contribution in [-0.4, -0.2) is 10.7 Å². The zero-order chi connectivity index (χ0) is 11.9. The normalized spacial score (nSPS) is 11.2. The maximum Gasteiger partial charge on any atom is 0.142 e. The number of aromatic nitrogens is 1. The van der Waals surface area contributed by atoms with Crippen molar-refractivity contribution in [3.05, 3.63) is 66.0 Å². The quantitative estimate of drug-likeness (QED) is 0.593. The number of hydrogen-bond donors (Lipinski definition) is 0. The number of nitrogens with zero attached hydrogens (tertiary/aromatic N) is 2. The van der Waals surface area contributed by atoms with Crippen molar-refractivity contribution >= 4 is 5.71 Å². The van der Waals surface area contributed by atoms with E-state index in [4.69, 9.17) is 4.84 Å². The molecule has 0 N–H and O–H groups in total. The maximum absolute atomic E-state index is 5.30. The van der Waals surface area contributed by atoms with Crippen molar-refractivity contribution in [1.82, 2.24) is 4.98 Å². The van der Waals surface area contributed by atoms with Gasteiger partial charge in [0.2, 0.25) is 0 Å². The molecule has 0 aliphatic heterocycles. The first-order valence-electron chi connectivity index (χ1n) is 5.47. The topological polar surface area (TPSA) is 34.5 Å². The van der Waals surface area contributed by atoms with Crippen LogP contribution in [0.3, 0.4) is 0 Å². The van der Waals surface area contributed by atoms with Crippen molar-refractivity contribution in [1.29, 1.82) is 0 Å². The first-order valence-corrected chi connectivity index (χ1v) is 5.47. The van der Waals surface area contributed by atoms with Gasteiger partial charge < -0.3 is 4.84 Å². The van der Waals surface area contributed by atoms with Crippen LogP contribution in [0.25, 0.3) is 0 Å². The lowest BCUT2D eigenvalue weighted by Gasteiger charge is -2.02. The molecule has 0 saturated carbocycles. The van der Waals surface area contributed by atoms with E-state index in [2.05, 4.69) is 10.1 Å². The molecule has 0 aliphatic carbocycles. The summed E-state index contributed by atoms with van der Waals surface area (Å²) in [5.74, 6) is 0. The largest absolute Gasteiger partial charge is 0.391 e. The first-order chi connectivity index (χ1) is 8.36. The summed E-state index contributed by atoms with van der Waals surface area (Å²) in [5.41, 5.74) is 2.91. The van der Waals surface area contributed by atoms with Gasteiger partial charge in [0.15, 0.2) is 0 Å². The molecule has 2 rings (SSSR count). The molecule has 0 spiro atoms. The summed E-state index contributed by atoms with van der Waals surface area (Å²) in [6.45, 7) is 2.39. The Hall–Kier alpha value is -2.16. The molecule has 1 aromatic heterocycles. The van der Waals surface area contributed by atoms with Crippen LogP contribution in [0.2, 0.25) is 0 Å². The molecule has 1 heterocycles. The fraction of sp³-hybridized carbons (Fsp3) is 0.143. The Morgan fingerprint density at radius 2 is 2.00 bits per heavy atom. The lowest BCUT2D eigenvalue weighted by atomic mass is 10.2. The van der Waals surface area contributed by atoms with Crippen molar-refractivity contribution in [2.24, 2.45) is 5.16 Å². The van der Waals surface area contributed by atoms with Crippen LogP contribution < -0.4 is 0 Å². The van der Waals surface area contributed by atoms with E-state index in [0.29, 0.717) is 6.61 Å². The Kier molecular flexibility index (Phi) is 3.86. The molecule has 3 heteroatoms. The third-order valence-electron chi connectivity index (χ3n) is 2.35. The van der Waals surface area contributed by atoms with Crippen LogP contribution in [0.5, 0.6) is 0 Å². The zero-order valence-corrected chi connectivity index (χ0v) is 9.71. The Labute approximate surface area is 101 Å². The Bertz CT molecular complexity index is 480. The molecule has 1 aromatic carbocycles. The molecule has 0 bridgehead atoms.